The van der Waals surface area contributed by atoms with Crippen LogP contribution in [-0.2, 0) is 9.53 Å². The van der Waals surface area contributed by atoms with E-state index in [-0.39, 0.29) is 30.7 Å². The number of rotatable bonds is 4. The molecule has 1 aliphatic rings. The number of carbonyl (C=O) groups excluding carboxylic acids is 2. The first-order valence-corrected chi connectivity index (χ1v) is 11.2. The van der Waals surface area contributed by atoms with Crippen molar-refractivity contribution in [3.05, 3.63) is 71.4 Å². The van der Waals surface area contributed by atoms with Gasteiger partial charge in [-0.05, 0) is 50.2 Å². The van der Waals surface area contributed by atoms with Gasteiger partial charge in [-0.3, -0.25) is 14.7 Å². The molecule has 178 valence electrons. The van der Waals surface area contributed by atoms with Gasteiger partial charge in [0.2, 0.25) is 0 Å². The fraction of sp³-hybridized carbons (Fsp3) is 0.240. The Hall–Kier alpha value is -4.18. The van der Waals surface area contributed by atoms with Gasteiger partial charge in [-0.25, -0.2) is 14.4 Å². The van der Waals surface area contributed by atoms with Gasteiger partial charge in [-0.15, -0.1) is 0 Å². The Bertz CT molecular complexity index is 1440. The Balaban J connectivity index is 1.27. The highest BCUT2D eigenvalue weighted by Crippen LogP contribution is 2.22. The number of nitrogens with one attached hydrogen (secondary N) is 2. The number of hydrogen-bond acceptors (Lipinski definition) is 6. The third kappa shape index (κ3) is 4.60. The number of aryl methyl sites for hydroxylation is 2. The van der Waals surface area contributed by atoms with E-state index in [4.69, 9.17) is 4.74 Å². The highest BCUT2D eigenvalue weighted by molar-refractivity contribution is 5.97. The third-order valence-electron chi connectivity index (χ3n) is 5.95. The molecule has 0 spiro atoms. The van der Waals surface area contributed by atoms with Gasteiger partial charge in [0.05, 0.1) is 41.3 Å². The first-order chi connectivity index (χ1) is 16.9. The van der Waals surface area contributed by atoms with E-state index in [1.54, 1.807) is 36.4 Å². The minimum Gasteiger partial charge on any atom is -0.365 e. The number of benzene rings is 2. The number of carbonyl (C=O) groups is 2. The van der Waals surface area contributed by atoms with Crippen LogP contribution in [0, 0.1) is 19.7 Å². The minimum absolute atomic E-state index is 0.0738. The van der Waals surface area contributed by atoms with Gasteiger partial charge < -0.3 is 15.0 Å². The van der Waals surface area contributed by atoms with Crippen molar-refractivity contribution in [3.63, 3.8) is 0 Å². The first-order valence-electron chi connectivity index (χ1n) is 11.2. The average molecular weight is 474 g/mol. The lowest BCUT2D eigenvalue weighted by molar-refractivity contribution is -0.131. The molecule has 3 heterocycles. The van der Waals surface area contributed by atoms with Crippen molar-refractivity contribution >= 4 is 28.5 Å². The molecule has 1 fully saturated rings. The number of halogens is 1. The number of ether oxygens (including phenoxy) is 1. The summed E-state index contributed by atoms with van der Waals surface area (Å²) >= 11 is 0. The summed E-state index contributed by atoms with van der Waals surface area (Å²) in [5, 5.41) is 9.59. The Morgan fingerprint density at radius 3 is 2.66 bits per heavy atom. The lowest BCUT2D eigenvalue weighted by Crippen LogP contribution is -2.50. The molecule has 1 aliphatic heterocycles. The first kappa shape index (κ1) is 22.6. The van der Waals surface area contributed by atoms with Gasteiger partial charge in [0.15, 0.2) is 6.10 Å². The fourth-order valence-electron chi connectivity index (χ4n) is 3.93. The summed E-state index contributed by atoms with van der Waals surface area (Å²) in [7, 11) is 0. The molecule has 2 amide bonds. The zero-order valence-electron chi connectivity index (χ0n) is 19.2. The second-order valence-corrected chi connectivity index (χ2v) is 8.34. The molecule has 0 saturated carbocycles. The van der Waals surface area contributed by atoms with Crippen LogP contribution in [0.4, 0.5) is 10.1 Å². The molecule has 10 heteroatoms. The standard InChI is InChI=1S/C25H23FN6O3/c1-14-15(2)28-21-11-16(7-8-19(21)27-14)29-24(33)23-13-32(9-10-35-23)25(34)22-12-20(30-31-22)17-5-3-4-6-18(17)26/h3-8,11-12,23H,9-10,13H2,1-2H3,(H,29,33)(H,30,31). The number of nitrogens with zero attached hydrogens (tertiary/aromatic N) is 4. The monoisotopic (exact) mass is 474 g/mol. The number of aromatic nitrogens is 4. The maximum atomic E-state index is 14.1. The van der Waals surface area contributed by atoms with Crippen LogP contribution < -0.4 is 5.32 Å². The van der Waals surface area contributed by atoms with Crippen LogP contribution in [0.3, 0.4) is 0 Å². The van der Waals surface area contributed by atoms with Gasteiger partial charge in [0, 0.05) is 17.8 Å². The summed E-state index contributed by atoms with van der Waals surface area (Å²) < 4.78 is 19.7. The Labute approximate surface area is 200 Å². The molecule has 2 aromatic heterocycles. The van der Waals surface area contributed by atoms with Crippen LogP contribution in [0.25, 0.3) is 22.3 Å². The number of fused-ring (bicyclic) bond motifs is 1. The van der Waals surface area contributed by atoms with Gasteiger partial charge in [-0.1, -0.05) is 12.1 Å². The van der Waals surface area contributed by atoms with Gasteiger partial charge >= 0.3 is 0 Å². The highest BCUT2D eigenvalue weighted by Gasteiger charge is 2.31. The second kappa shape index (κ2) is 9.22. The van der Waals surface area contributed by atoms with Crippen molar-refractivity contribution in [2.75, 3.05) is 25.0 Å². The molecule has 0 aliphatic carbocycles. The number of hydrogen-bond donors (Lipinski definition) is 2. The van der Waals surface area contributed by atoms with Crippen LogP contribution in [0.15, 0.2) is 48.5 Å². The lowest BCUT2D eigenvalue weighted by atomic mass is 10.1. The zero-order chi connectivity index (χ0) is 24.5. The fourth-order valence-corrected chi connectivity index (χ4v) is 3.93. The second-order valence-electron chi connectivity index (χ2n) is 8.34. The van der Waals surface area contributed by atoms with E-state index in [1.807, 2.05) is 13.8 Å². The van der Waals surface area contributed by atoms with E-state index in [1.165, 1.54) is 17.0 Å². The number of anilines is 1. The van der Waals surface area contributed by atoms with Crippen LogP contribution in [0.5, 0.6) is 0 Å². The predicted molar refractivity (Wildman–Crippen MR) is 127 cm³/mol. The van der Waals surface area contributed by atoms with Crippen molar-refractivity contribution in [2.24, 2.45) is 0 Å². The molecule has 9 nitrogen and oxygen atoms in total. The van der Waals surface area contributed by atoms with E-state index in [0.29, 0.717) is 29.0 Å². The summed E-state index contributed by atoms with van der Waals surface area (Å²) in [6.07, 6.45) is -0.844. The van der Waals surface area contributed by atoms with Crippen molar-refractivity contribution in [2.45, 2.75) is 20.0 Å². The van der Waals surface area contributed by atoms with E-state index in [0.717, 1.165) is 16.9 Å². The zero-order valence-corrected chi connectivity index (χ0v) is 19.2. The van der Waals surface area contributed by atoms with E-state index >= 15 is 0 Å². The summed E-state index contributed by atoms with van der Waals surface area (Å²) in [5.74, 6) is -1.13. The quantitative estimate of drug-likeness (QED) is 0.470. The van der Waals surface area contributed by atoms with Crippen molar-refractivity contribution in [3.8, 4) is 11.3 Å². The van der Waals surface area contributed by atoms with E-state index in [2.05, 4.69) is 25.5 Å². The highest BCUT2D eigenvalue weighted by atomic mass is 19.1. The third-order valence-corrected chi connectivity index (χ3v) is 5.95. The topological polar surface area (TPSA) is 113 Å². The maximum Gasteiger partial charge on any atom is 0.272 e. The number of morpholine rings is 1. The minimum atomic E-state index is -0.844. The van der Waals surface area contributed by atoms with Gasteiger partial charge in [0.1, 0.15) is 11.5 Å². The normalized spacial score (nSPS) is 15.9. The summed E-state index contributed by atoms with van der Waals surface area (Å²) in [5.41, 5.74) is 4.50. The van der Waals surface area contributed by atoms with Crippen LogP contribution in [-0.4, -0.2) is 62.7 Å². The average Bonchev–Trinajstić information content (AvgIpc) is 3.35. The summed E-state index contributed by atoms with van der Waals surface area (Å²) in [6.45, 7) is 4.38. The molecule has 35 heavy (non-hydrogen) atoms. The number of amides is 2. The van der Waals surface area contributed by atoms with E-state index in [9.17, 15) is 14.0 Å². The molecule has 2 N–H and O–H groups in total. The van der Waals surface area contributed by atoms with Crippen molar-refractivity contribution in [1.82, 2.24) is 25.1 Å². The predicted octanol–water partition coefficient (Wildman–Crippen LogP) is 3.26. The SMILES string of the molecule is Cc1nc2ccc(NC(=O)C3CN(C(=O)c4cc(-c5ccccc5F)n[nH]4)CCO3)cc2nc1C. The largest absolute Gasteiger partial charge is 0.365 e. The van der Waals surface area contributed by atoms with Crippen LogP contribution in [0.2, 0.25) is 0 Å². The molecule has 4 aromatic rings. The summed E-state index contributed by atoms with van der Waals surface area (Å²) in [4.78, 5) is 36.4. The molecule has 1 saturated heterocycles. The Morgan fingerprint density at radius 2 is 1.86 bits per heavy atom. The number of aromatic amines is 1. The maximum absolute atomic E-state index is 14.1. The Kier molecular flexibility index (Phi) is 5.96. The van der Waals surface area contributed by atoms with Gasteiger partial charge in [0.25, 0.3) is 11.8 Å². The smallest absolute Gasteiger partial charge is 0.272 e. The molecular weight excluding hydrogens is 451 g/mol. The van der Waals surface area contributed by atoms with Crippen LogP contribution >= 0.6 is 0 Å². The van der Waals surface area contributed by atoms with Crippen LogP contribution in [0.1, 0.15) is 21.9 Å². The number of H-pyrrole nitrogens is 1. The molecule has 2 aromatic carbocycles. The molecule has 0 bridgehead atoms. The molecule has 0 radical (unpaired) electrons. The van der Waals surface area contributed by atoms with Crippen molar-refractivity contribution < 1.29 is 18.7 Å². The molecule has 1 atom stereocenters. The van der Waals surface area contributed by atoms with Gasteiger partial charge in [-0.2, -0.15) is 5.10 Å². The van der Waals surface area contributed by atoms with E-state index < -0.39 is 11.9 Å². The van der Waals surface area contributed by atoms with Crippen molar-refractivity contribution in [1.29, 1.82) is 0 Å². The molecule has 1 unspecified atom stereocenters. The Morgan fingerprint density at radius 1 is 1.09 bits per heavy atom. The lowest BCUT2D eigenvalue weighted by Gasteiger charge is -2.31. The molecular formula is C25H23FN6O3. The molecule has 5 rings (SSSR count). The summed E-state index contributed by atoms with van der Waals surface area (Å²) in [6, 6.07) is 13.0.